The summed E-state index contributed by atoms with van der Waals surface area (Å²) in [6, 6.07) is 11.5. The van der Waals surface area contributed by atoms with Gasteiger partial charge >= 0.3 is 0 Å². The molecule has 0 aliphatic heterocycles. The van der Waals surface area contributed by atoms with Gasteiger partial charge in [-0.05, 0) is 37.3 Å². The summed E-state index contributed by atoms with van der Waals surface area (Å²) in [6.45, 7) is 1.74. The fraction of sp³-hybridized carbons (Fsp3) is 0.167. The maximum atomic E-state index is 13.2. The van der Waals surface area contributed by atoms with Crippen molar-refractivity contribution in [3.05, 3.63) is 59.6 Å². The lowest BCUT2D eigenvalue weighted by Gasteiger charge is -2.14. The SMILES string of the molecule is COc1ccccc1-n1cnnc1SC(C)C(=O)Nc1ccc(F)c(Cl)c1. The number of nitrogens with zero attached hydrogens (tertiary/aromatic N) is 3. The number of benzene rings is 2. The molecule has 0 aliphatic carbocycles. The average molecular weight is 407 g/mol. The van der Waals surface area contributed by atoms with Crippen LogP contribution in [0.5, 0.6) is 5.75 Å². The summed E-state index contributed by atoms with van der Waals surface area (Å²) in [5.74, 6) is -0.142. The maximum Gasteiger partial charge on any atom is 0.237 e. The highest BCUT2D eigenvalue weighted by Gasteiger charge is 2.20. The van der Waals surface area contributed by atoms with Crippen LogP contribution in [0.3, 0.4) is 0 Å². The minimum absolute atomic E-state index is 0.0518. The van der Waals surface area contributed by atoms with Crippen LogP contribution in [0, 0.1) is 5.82 Å². The number of hydrogen-bond acceptors (Lipinski definition) is 5. The molecule has 140 valence electrons. The Morgan fingerprint density at radius 1 is 1.33 bits per heavy atom. The molecule has 0 fully saturated rings. The van der Waals surface area contributed by atoms with Crippen LogP contribution in [0.15, 0.2) is 53.9 Å². The van der Waals surface area contributed by atoms with Gasteiger partial charge in [0.05, 0.1) is 23.1 Å². The highest BCUT2D eigenvalue weighted by molar-refractivity contribution is 8.00. The average Bonchev–Trinajstić information content (AvgIpc) is 3.12. The van der Waals surface area contributed by atoms with E-state index in [1.165, 1.54) is 30.0 Å². The Bertz CT molecular complexity index is 966. The number of halogens is 2. The third-order valence-electron chi connectivity index (χ3n) is 3.70. The van der Waals surface area contributed by atoms with Crippen molar-refractivity contribution >= 4 is 35.0 Å². The van der Waals surface area contributed by atoms with Crippen molar-refractivity contribution in [3.63, 3.8) is 0 Å². The molecule has 0 saturated heterocycles. The van der Waals surface area contributed by atoms with E-state index in [0.717, 1.165) is 5.69 Å². The molecule has 0 radical (unpaired) electrons. The summed E-state index contributed by atoms with van der Waals surface area (Å²) in [5, 5.41) is 10.8. The quantitative estimate of drug-likeness (QED) is 0.622. The Morgan fingerprint density at radius 3 is 2.85 bits per heavy atom. The van der Waals surface area contributed by atoms with Gasteiger partial charge in [-0.1, -0.05) is 35.5 Å². The lowest BCUT2D eigenvalue weighted by Crippen LogP contribution is -2.22. The van der Waals surface area contributed by atoms with Crippen molar-refractivity contribution in [2.45, 2.75) is 17.3 Å². The number of carbonyl (C=O) groups excluding carboxylic acids is 1. The first kappa shape index (κ1) is 19.2. The molecule has 1 N–H and O–H groups in total. The monoisotopic (exact) mass is 406 g/mol. The molecule has 1 amide bonds. The number of thioether (sulfide) groups is 1. The van der Waals surface area contributed by atoms with Gasteiger partial charge in [-0.3, -0.25) is 9.36 Å². The van der Waals surface area contributed by atoms with Crippen LogP contribution in [0.25, 0.3) is 5.69 Å². The first-order valence-electron chi connectivity index (χ1n) is 7.95. The van der Waals surface area contributed by atoms with Crippen LogP contribution in [-0.4, -0.2) is 33.0 Å². The van der Waals surface area contributed by atoms with E-state index in [2.05, 4.69) is 15.5 Å². The van der Waals surface area contributed by atoms with Gasteiger partial charge in [-0.15, -0.1) is 10.2 Å². The second kappa shape index (κ2) is 8.41. The number of nitrogens with one attached hydrogen (secondary N) is 1. The summed E-state index contributed by atoms with van der Waals surface area (Å²) < 4.78 is 20.4. The Kier molecular flexibility index (Phi) is 5.98. The van der Waals surface area contributed by atoms with Crippen LogP contribution >= 0.6 is 23.4 Å². The number of aromatic nitrogens is 3. The van der Waals surface area contributed by atoms with E-state index in [0.29, 0.717) is 16.6 Å². The number of carbonyl (C=O) groups is 1. The van der Waals surface area contributed by atoms with E-state index in [9.17, 15) is 9.18 Å². The van der Waals surface area contributed by atoms with Crippen molar-refractivity contribution in [2.24, 2.45) is 0 Å². The first-order chi connectivity index (χ1) is 13.0. The summed E-state index contributed by atoms with van der Waals surface area (Å²) in [7, 11) is 1.58. The number of amides is 1. The molecule has 3 rings (SSSR count). The van der Waals surface area contributed by atoms with Gasteiger partial charge in [0.1, 0.15) is 17.9 Å². The zero-order valence-electron chi connectivity index (χ0n) is 14.5. The van der Waals surface area contributed by atoms with Crippen molar-refractivity contribution in [1.29, 1.82) is 0 Å². The van der Waals surface area contributed by atoms with Crippen LogP contribution in [0.4, 0.5) is 10.1 Å². The van der Waals surface area contributed by atoms with E-state index < -0.39 is 11.1 Å². The smallest absolute Gasteiger partial charge is 0.237 e. The number of rotatable bonds is 6. The van der Waals surface area contributed by atoms with Gasteiger partial charge < -0.3 is 10.1 Å². The van der Waals surface area contributed by atoms with E-state index in [4.69, 9.17) is 16.3 Å². The molecule has 1 aromatic heterocycles. The second-order valence-electron chi connectivity index (χ2n) is 5.53. The minimum Gasteiger partial charge on any atom is -0.495 e. The molecule has 1 atom stereocenters. The Balaban J connectivity index is 1.75. The Morgan fingerprint density at radius 2 is 2.11 bits per heavy atom. The predicted octanol–water partition coefficient (Wildman–Crippen LogP) is 4.19. The predicted molar refractivity (Wildman–Crippen MR) is 103 cm³/mol. The van der Waals surface area contributed by atoms with Crippen LogP contribution in [0.1, 0.15) is 6.92 Å². The molecule has 1 heterocycles. The van der Waals surface area contributed by atoms with E-state index in [-0.39, 0.29) is 10.9 Å². The van der Waals surface area contributed by atoms with Crippen molar-refractivity contribution in [3.8, 4) is 11.4 Å². The highest BCUT2D eigenvalue weighted by atomic mass is 35.5. The molecule has 27 heavy (non-hydrogen) atoms. The highest BCUT2D eigenvalue weighted by Crippen LogP contribution is 2.29. The van der Waals surface area contributed by atoms with Crippen molar-refractivity contribution in [2.75, 3.05) is 12.4 Å². The van der Waals surface area contributed by atoms with Gasteiger partial charge in [0.2, 0.25) is 5.91 Å². The molecule has 0 bridgehead atoms. The van der Waals surface area contributed by atoms with E-state index >= 15 is 0 Å². The summed E-state index contributed by atoms with van der Waals surface area (Å²) in [5.41, 5.74) is 1.19. The third kappa shape index (κ3) is 4.40. The summed E-state index contributed by atoms with van der Waals surface area (Å²) in [6.07, 6.45) is 1.56. The molecular weight excluding hydrogens is 391 g/mol. The third-order valence-corrected chi connectivity index (χ3v) is 5.05. The number of anilines is 1. The molecule has 1 unspecified atom stereocenters. The largest absolute Gasteiger partial charge is 0.495 e. The first-order valence-corrected chi connectivity index (χ1v) is 9.21. The molecule has 9 heteroatoms. The maximum absolute atomic E-state index is 13.2. The fourth-order valence-electron chi connectivity index (χ4n) is 2.33. The van der Waals surface area contributed by atoms with Crippen molar-refractivity contribution in [1.82, 2.24) is 14.8 Å². The zero-order valence-corrected chi connectivity index (χ0v) is 16.1. The van der Waals surface area contributed by atoms with Crippen LogP contribution < -0.4 is 10.1 Å². The van der Waals surface area contributed by atoms with Crippen LogP contribution in [-0.2, 0) is 4.79 Å². The van der Waals surface area contributed by atoms with Gasteiger partial charge in [0.15, 0.2) is 5.16 Å². The lowest BCUT2D eigenvalue weighted by molar-refractivity contribution is -0.115. The number of ether oxygens (including phenoxy) is 1. The topological polar surface area (TPSA) is 69.0 Å². The summed E-state index contributed by atoms with van der Waals surface area (Å²) in [4.78, 5) is 12.5. The van der Waals surface area contributed by atoms with Crippen molar-refractivity contribution < 1.29 is 13.9 Å². The van der Waals surface area contributed by atoms with Gasteiger partial charge in [0, 0.05) is 5.69 Å². The van der Waals surface area contributed by atoms with Crippen LogP contribution in [0.2, 0.25) is 5.02 Å². The second-order valence-corrected chi connectivity index (χ2v) is 7.25. The number of methoxy groups -OCH3 is 1. The molecule has 0 spiro atoms. The zero-order chi connectivity index (χ0) is 19.4. The summed E-state index contributed by atoms with van der Waals surface area (Å²) >= 11 is 6.98. The number of para-hydroxylation sites is 2. The number of hydrogen-bond donors (Lipinski definition) is 1. The molecule has 2 aromatic carbocycles. The molecular formula is C18H16ClFN4O2S. The van der Waals surface area contributed by atoms with Gasteiger partial charge in [-0.25, -0.2) is 4.39 Å². The van der Waals surface area contributed by atoms with E-state index in [1.807, 2.05) is 24.3 Å². The minimum atomic E-state index is -0.540. The standard InChI is InChI=1S/C18H16ClFN4O2S/c1-11(17(25)22-12-7-8-14(20)13(19)9-12)27-18-23-21-10-24(18)15-5-3-4-6-16(15)26-2/h3-11H,1-2H3,(H,22,25). The molecule has 0 saturated carbocycles. The Hall–Kier alpha value is -2.58. The Labute approximate surface area is 164 Å². The van der Waals surface area contributed by atoms with E-state index in [1.54, 1.807) is 24.9 Å². The normalized spacial score (nSPS) is 11.9. The molecule has 0 aliphatic rings. The lowest BCUT2D eigenvalue weighted by atomic mass is 10.3. The molecule has 3 aromatic rings. The van der Waals surface area contributed by atoms with Gasteiger partial charge in [-0.2, -0.15) is 0 Å². The van der Waals surface area contributed by atoms with Gasteiger partial charge in [0.25, 0.3) is 0 Å². The molecule has 6 nitrogen and oxygen atoms in total. The fourth-order valence-corrected chi connectivity index (χ4v) is 3.34.